The van der Waals surface area contributed by atoms with Gasteiger partial charge in [-0.3, -0.25) is 14.4 Å². The van der Waals surface area contributed by atoms with Crippen LogP contribution in [0.15, 0.2) is 24.3 Å². The van der Waals surface area contributed by atoms with Crippen molar-refractivity contribution in [2.45, 2.75) is 45.4 Å². The molecule has 3 N–H and O–H groups in total. The van der Waals surface area contributed by atoms with E-state index in [0.717, 1.165) is 19.3 Å². The largest absolute Gasteiger partial charge is 0.481 e. The Hall–Kier alpha value is -2.37. The van der Waals surface area contributed by atoms with Gasteiger partial charge in [0.05, 0.1) is 5.41 Å². The Labute approximate surface area is 141 Å². The Balaban J connectivity index is 2.05. The normalized spacial score (nSPS) is 16.2. The van der Waals surface area contributed by atoms with Crippen molar-refractivity contribution in [2.75, 3.05) is 11.9 Å². The molecular weight excluding hydrogens is 308 g/mol. The zero-order valence-corrected chi connectivity index (χ0v) is 13.9. The van der Waals surface area contributed by atoms with Gasteiger partial charge in [0.15, 0.2) is 0 Å². The molecule has 1 aromatic carbocycles. The van der Waals surface area contributed by atoms with Crippen LogP contribution in [0.4, 0.5) is 5.69 Å². The van der Waals surface area contributed by atoms with Gasteiger partial charge in [-0.15, -0.1) is 0 Å². The summed E-state index contributed by atoms with van der Waals surface area (Å²) in [5, 5.41) is 15.0. The molecule has 0 heterocycles. The Bertz CT molecular complexity index is 621. The molecule has 0 aromatic heterocycles. The van der Waals surface area contributed by atoms with Gasteiger partial charge in [0.2, 0.25) is 5.91 Å². The van der Waals surface area contributed by atoms with Gasteiger partial charge >= 0.3 is 5.97 Å². The van der Waals surface area contributed by atoms with E-state index in [1.54, 1.807) is 24.3 Å². The maximum absolute atomic E-state index is 12.3. The van der Waals surface area contributed by atoms with Crippen LogP contribution >= 0.6 is 0 Å². The Morgan fingerprint density at radius 2 is 1.88 bits per heavy atom. The average molecular weight is 332 g/mol. The predicted octanol–water partition coefficient (Wildman–Crippen LogP) is 2.80. The van der Waals surface area contributed by atoms with Crippen molar-refractivity contribution < 1.29 is 19.5 Å². The van der Waals surface area contributed by atoms with E-state index in [-0.39, 0.29) is 18.2 Å². The fourth-order valence-corrected chi connectivity index (χ4v) is 3.21. The Kier molecular flexibility index (Phi) is 5.95. The van der Waals surface area contributed by atoms with Gasteiger partial charge in [0.1, 0.15) is 0 Å². The molecule has 2 rings (SSSR count). The molecule has 24 heavy (non-hydrogen) atoms. The van der Waals surface area contributed by atoms with Crippen LogP contribution in [-0.2, 0) is 9.59 Å². The lowest BCUT2D eigenvalue weighted by Gasteiger charge is -2.32. The number of carboxylic acid groups (broad SMARTS) is 1. The summed E-state index contributed by atoms with van der Waals surface area (Å²) in [7, 11) is 0. The first-order valence-corrected chi connectivity index (χ1v) is 8.38. The number of hydrogen-bond donors (Lipinski definition) is 3. The fraction of sp³-hybridized carbons (Fsp3) is 0.500. The second-order valence-corrected chi connectivity index (χ2v) is 6.31. The van der Waals surface area contributed by atoms with E-state index in [1.165, 1.54) is 0 Å². The van der Waals surface area contributed by atoms with Crippen molar-refractivity contribution in [3.63, 3.8) is 0 Å². The van der Waals surface area contributed by atoms with E-state index in [1.807, 2.05) is 6.92 Å². The Morgan fingerprint density at radius 1 is 1.17 bits per heavy atom. The average Bonchev–Trinajstić information content (AvgIpc) is 2.56. The van der Waals surface area contributed by atoms with Gasteiger partial charge in [0, 0.05) is 24.2 Å². The third kappa shape index (κ3) is 4.34. The van der Waals surface area contributed by atoms with Crippen molar-refractivity contribution in [3.8, 4) is 0 Å². The van der Waals surface area contributed by atoms with Crippen LogP contribution in [0.3, 0.4) is 0 Å². The molecule has 130 valence electrons. The molecule has 6 heteroatoms. The highest BCUT2D eigenvalue weighted by molar-refractivity contribution is 5.98. The van der Waals surface area contributed by atoms with Crippen LogP contribution in [0.5, 0.6) is 0 Å². The molecule has 0 aliphatic heterocycles. The van der Waals surface area contributed by atoms with Crippen LogP contribution < -0.4 is 10.6 Å². The summed E-state index contributed by atoms with van der Waals surface area (Å²) in [5.41, 5.74) is -0.000129. The lowest BCUT2D eigenvalue weighted by molar-refractivity contribution is -0.153. The number of aliphatic carboxylic acids is 1. The molecule has 0 radical (unpaired) electrons. The van der Waals surface area contributed by atoms with Crippen molar-refractivity contribution in [1.82, 2.24) is 5.32 Å². The van der Waals surface area contributed by atoms with E-state index in [4.69, 9.17) is 0 Å². The minimum atomic E-state index is -0.959. The third-order valence-electron chi connectivity index (χ3n) is 4.51. The van der Waals surface area contributed by atoms with E-state index < -0.39 is 11.4 Å². The molecule has 0 bridgehead atoms. The van der Waals surface area contributed by atoms with E-state index in [0.29, 0.717) is 30.6 Å². The monoisotopic (exact) mass is 332 g/mol. The topological polar surface area (TPSA) is 95.5 Å². The standard InChI is InChI=1S/C18H24N2O4/c1-2-19-16(22)13-7-6-8-14(11-13)20-15(21)12-18(17(23)24)9-4-3-5-10-18/h6-8,11H,2-5,9-10,12H2,1H3,(H,19,22)(H,20,21)(H,23,24). The van der Waals surface area contributed by atoms with E-state index in [2.05, 4.69) is 10.6 Å². The first-order valence-electron chi connectivity index (χ1n) is 8.38. The third-order valence-corrected chi connectivity index (χ3v) is 4.51. The first-order chi connectivity index (χ1) is 11.5. The molecule has 1 saturated carbocycles. The summed E-state index contributed by atoms with van der Waals surface area (Å²) >= 11 is 0. The van der Waals surface area contributed by atoms with Crippen LogP contribution in [-0.4, -0.2) is 29.4 Å². The number of amides is 2. The fourth-order valence-electron chi connectivity index (χ4n) is 3.21. The molecule has 0 saturated heterocycles. The zero-order valence-electron chi connectivity index (χ0n) is 13.9. The number of carboxylic acids is 1. The molecule has 2 amide bonds. The number of hydrogen-bond acceptors (Lipinski definition) is 3. The molecule has 1 fully saturated rings. The maximum Gasteiger partial charge on any atom is 0.310 e. The minimum absolute atomic E-state index is 0.0340. The van der Waals surface area contributed by atoms with E-state index in [9.17, 15) is 19.5 Å². The summed E-state index contributed by atoms with van der Waals surface area (Å²) in [6, 6.07) is 6.64. The lowest BCUT2D eigenvalue weighted by Crippen LogP contribution is -2.37. The van der Waals surface area contributed by atoms with E-state index >= 15 is 0 Å². The van der Waals surface area contributed by atoms with Crippen LogP contribution in [0.25, 0.3) is 0 Å². The molecular formula is C18H24N2O4. The minimum Gasteiger partial charge on any atom is -0.481 e. The SMILES string of the molecule is CCNC(=O)c1cccc(NC(=O)CC2(C(=O)O)CCCCC2)c1. The van der Waals surface area contributed by atoms with Crippen molar-refractivity contribution in [2.24, 2.45) is 5.41 Å². The van der Waals surface area contributed by atoms with Crippen molar-refractivity contribution >= 4 is 23.5 Å². The predicted molar refractivity (Wildman–Crippen MR) is 90.8 cm³/mol. The molecule has 1 aliphatic carbocycles. The Morgan fingerprint density at radius 3 is 2.50 bits per heavy atom. The summed E-state index contributed by atoms with van der Waals surface area (Å²) in [6.07, 6.45) is 3.74. The summed E-state index contributed by atoms with van der Waals surface area (Å²) < 4.78 is 0. The highest BCUT2D eigenvalue weighted by Gasteiger charge is 2.41. The molecule has 1 aliphatic rings. The van der Waals surface area contributed by atoms with Gasteiger partial charge in [-0.25, -0.2) is 0 Å². The zero-order chi connectivity index (χ0) is 17.6. The second-order valence-electron chi connectivity index (χ2n) is 6.31. The van der Waals surface area contributed by atoms with Gasteiger partial charge in [-0.2, -0.15) is 0 Å². The number of carbonyl (C=O) groups is 3. The lowest BCUT2D eigenvalue weighted by atomic mass is 9.71. The van der Waals surface area contributed by atoms with Crippen molar-refractivity contribution in [3.05, 3.63) is 29.8 Å². The summed E-state index contributed by atoms with van der Waals surface area (Å²) in [5.74, 6) is -1.43. The second kappa shape index (κ2) is 7.95. The van der Waals surface area contributed by atoms with Crippen molar-refractivity contribution in [1.29, 1.82) is 0 Å². The molecule has 0 atom stereocenters. The van der Waals surface area contributed by atoms with Gasteiger partial charge in [0.25, 0.3) is 5.91 Å². The van der Waals surface area contributed by atoms with Gasteiger partial charge < -0.3 is 15.7 Å². The van der Waals surface area contributed by atoms with Crippen LogP contribution in [0, 0.1) is 5.41 Å². The smallest absolute Gasteiger partial charge is 0.310 e. The van der Waals surface area contributed by atoms with Gasteiger partial charge in [-0.05, 0) is 38.0 Å². The highest BCUT2D eigenvalue weighted by Crippen LogP contribution is 2.39. The molecule has 1 aromatic rings. The molecule has 0 spiro atoms. The first kappa shape index (κ1) is 18.0. The quantitative estimate of drug-likeness (QED) is 0.746. The summed E-state index contributed by atoms with van der Waals surface area (Å²) in [6.45, 7) is 2.36. The van der Waals surface area contributed by atoms with Crippen LogP contribution in [0.2, 0.25) is 0 Å². The number of rotatable bonds is 6. The molecule has 0 unspecified atom stereocenters. The number of nitrogens with one attached hydrogen (secondary N) is 2. The van der Waals surface area contributed by atoms with Crippen LogP contribution in [0.1, 0.15) is 55.8 Å². The van der Waals surface area contributed by atoms with Gasteiger partial charge in [-0.1, -0.05) is 25.3 Å². The maximum atomic E-state index is 12.3. The number of anilines is 1. The highest BCUT2D eigenvalue weighted by atomic mass is 16.4. The number of benzene rings is 1. The molecule has 6 nitrogen and oxygen atoms in total. The summed E-state index contributed by atoms with van der Waals surface area (Å²) in [4.78, 5) is 35.8. The number of carbonyl (C=O) groups excluding carboxylic acids is 2.